The Morgan fingerprint density at radius 2 is 2.00 bits per heavy atom. The number of aliphatic carboxylic acids is 1. The van der Waals surface area contributed by atoms with Crippen LogP contribution in [-0.2, 0) is 4.79 Å². The minimum absolute atomic E-state index is 1.19. The van der Waals surface area contributed by atoms with E-state index in [0.29, 0.717) is 0 Å². The van der Waals surface area contributed by atoms with Crippen molar-refractivity contribution in [1.82, 2.24) is 0 Å². The van der Waals surface area contributed by atoms with Gasteiger partial charge in [-0.1, -0.05) is 0 Å². The minimum Gasteiger partial charge on any atom is -0.479 e. The zero-order chi connectivity index (χ0) is 5.15. The van der Waals surface area contributed by atoms with E-state index in [1.165, 1.54) is 6.92 Å². The summed E-state index contributed by atoms with van der Waals surface area (Å²) in [5.41, 5.74) is 0. The molecule has 6 heavy (non-hydrogen) atoms. The molecular weight excluding hydrogens is 83.0 g/mol. The highest BCUT2D eigenvalue weighted by Crippen LogP contribution is 1.73. The molecule has 1 unspecified atom stereocenters. The Hall–Kier alpha value is -0.570. The molecule has 0 aromatic heterocycles. The number of carbonyl (C=O) groups is 1. The lowest BCUT2D eigenvalue weighted by atomic mass is 10.0. The Morgan fingerprint density at radius 3 is 2.00 bits per heavy atom. The monoisotopic (exact) mass is 89.0 g/mol. The van der Waals surface area contributed by atoms with Crippen LogP contribution in [0.4, 0.5) is 0 Å². The maximum Gasteiger partial charge on any atom is 0.332 e. The second-order valence-corrected chi connectivity index (χ2v) is 1.01. The standard InChI is InChI=1S/C3H6O3/c1-2(4)3(5)6/h2,4H,1H3,(H,5,6)/i3-1. The third-order valence-electron chi connectivity index (χ3n) is 0.357. The van der Waals surface area contributed by atoms with E-state index in [2.05, 4.69) is 0 Å². The number of hydrogen-bond acceptors (Lipinski definition) is 2. The molecule has 0 amide bonds. The molecule has 0 spiro atoms. The highest BCUT2D eigenvalue weighted by atomic mass is 16.3. The molecular formula is C3H6O3. The van der Waals surface area contributed by atoms with Gasteiger partial charge in [-0.2, -0.15) is 0 Å². The maximum atomic E-state index is 9.45. The van der Waals surface area contributed by atoms with Crippen molar-refractivity contribution in [3.63, 3.8) is 0 Å². The lowest BCUT2D eigenvalue weighted by molar-refractivity contribution is -0.145. The first-order chi connectivity index (χ1) is 2.64. The average molecular weight is 89.1 g/mol. The van der Waals surface area contributed by atoms with Gasteiger partial charge in [0.2, 0.25) is 0 Å². The van der Waals surface area contributed by atoms with Crippen LogP contribution in [-0.4, -0.2) is 22.3 Å². The van der Waals surface area contributed by atoms with Crippen molar-refractivity contribution in [2.45, 2.75) is 13.0 Å². The van der Waals surface area contributed by atoms with Gasteiger partial charge in [-0.05, 0) is 6.92 Å². The lowest BCUT2D eigenvalue weighted by Crippen LogP contribution is -2.13. The van der Waals surface area contributed by atoms with Gasteiger partial charge in [0, 0.05) is 0 Å². The van der Waals surface area contributed by atoms with Gasteiger partial charge in [0.15, 0.2) is 0 Å². The van der Waals surface area contributed by atoms with Crippen molar-refractivity contribution in [2.24, 2.45) is 0 Å². The molecule has 36 valence electrons. The number of rotatable bonds is 1. The Labute approximate surface area is 35.2 Å². The predicted octanol–water partition coefficient (Wildman–Crippen LogP) is -0.548. The second kappa shape index (κ2) is 1.77. The van der Waals surface area contributed by atoms with Gasteiger partial charge in [0.25, 0.3) is 0 Å². The molecule has 2 N–H and O–H groups in total. The lowest BCUT2D eigenvalue weighted by Gasteiger charge is -1.89. The van der Waals surface area contributed by atoms with E-state index < -0.39 is 12.1 Å². The zero-order valence-corrected chi connectivity index (χ0v) is 3.38. The molecule has 0 aliphatic rings. The number of aliphatic hydroxyl groups excluding tert-OH is 1. The second-order valence-electron chi connectivity index (χ2n) is 1.01. The van der Waals surface area contributed by atoms with Crippen LogP contribution in [0.1, 0.15) is 6.92 Å². The van der Waals surface area contributed by atoms with Crippen molar-refractivity contribution < 1.29 is 15.0 Å². The van der Waals surface area contributed by atoms with Crippen LogP contribution < -0.4 is 0 Å². The third kappa shape index (κ3) is 1.72. The van der Waals surface area contributed by atoms with Gasteiger partial charge in [0.05, 0.1) is 0 Å². The first kappa shape index (κ1) is 5.43. The van der Waals surface area contributed by atoms with E-state index in [4.69, 9.17) is 10.2 Å². The summed E-state index contributed by atoms with van der Waals surface area (Å²) < 4.78 is 0. The topological polar surface area (TPSA) is 57.5 Å². The quantitative estimate of drug-likeness (QED) is 0.453. The third-order valence-corrected chi connectivity index (χ3v) is 0.357. The van der Waals surface area contributed by atoms with E-state index in [0.717, 1.165) is 0 Å². The van der Waals surface area contributed by atoms with E-state index in [-0.39, 0.29) is 0 Å². The SMILES string of the molecule is CC(O)[11C](=O)O. The van der Waals surface area contributed by atoms with Crippen LogP contribution in [0, 0.1) is 0 Å². The fourth-order valence-electron chi connectivity index (χ4n) is 0. The summed E-state index contributed by atoms with van der Waals surface area (Å²) in [4.78, 5) is 9.45. The molecule has 0 radical (unpaired) electrons. The largest absolute Gasteiger partial charge is 0.479 e. The highest BCUT2D eigenvalue weighted by Gasteiger charge is 2.01. The minimum atomic E-state index is -1.23. The predicted molar refractivity (Wildman–Crippen MR) is 19.3 cm³/mol. The van der Waals surface area contributed by atoms with Gasteiger partial charge in [-0.3, -0.25) is 0 Å². The van der Waals surface area contributed by atoms with E-state index in [1.807, 2.05) is 0 Å². The van der Waals surface area contributed by atoms with Gasteiger partial charge in [-0.25, -0.2) is 4.79 Å². The molecule has 3 nitrogen and oxygen atoms in total. The smallest absolute Gasteiger partial charge is 0.332 e. The fourth-order valence-corrected chi connectivity index (χ4v) is 0. The summed E-state index contributed by atoms with van der Waals surface area (Å²) in [5, 5.41) is 15.8. The van der Waals surface area contributed by atoms with E-state index in [9.17, 15) is 4.79 Å². The van der Waals surface area contributed by atoms with Crippen LogP contribution in [0.5, 0.6) is 0 Å². The van der Waals surface area contributed by atoms with Crippen molar-refractivity contribution in [2.75, 3.05) is 0 Å². The number of aliphatic hydroxyl groups is 1. The zero-order valence-electron chi connectivity index (χ0n) is 3.38. The molecule has 0 aliphatic carbocycles. The molecule has 0 fully saturated rings. The van der Waals surface area contributed by atoms with Crippen molar-refractivity contribution >= 4 is 5.97 Å². The van der Waals surface area contributed by atoms with E-state index >= 15 is 0 Å². The van der Waals surface area contributed by atoms with Gasteiger partial charge in [0.1, 0.15) is 6.10 Å². The summed E-state index contributed by atoms with van der Waals surface area (Å²) in [7, 11) is 0. The van der Waals surface area contributed by atoms with Crippen LogP contribution in [0.15, 0.2) is 0 Å². The summed E-state index contributed by atoms with van der Waals surface area (Å²) in [5.74, 6) is -1.19. The molecule has 3 heteroatoms. The summed E-state index contributed by atoms with van der Waals surface area (Å²) >= 11 is 0. The Kier molecular flexibility index (Phi) is 1.60. The Morgan fingerprint density at radius 1 is 1.83 bits per heavy atom. The molecule has 1 atom stereocenters. The molecule has 0 aromatic rings. The number of carboxylic acids is 1. The molecule has 0 bridgehead atoms. The maximum absolute atomic E-state index is 9.45. The summed E-state index contributed by atoms with van der Waals surface area (Å²) in [6, 6.07) is 0. The van der Waals surface area contributed by atoms with Crippen LogP contribution in [0.2, 0.25) is 0 Å². The van der Waals surface area contributed by atoms with Crippen molar-refractivity contribution in [3.05, 3.63) is 0 Å². The summed E-state index contributed by atoms with van der Waals surface area (Å²) in [6.45, 7) is 1.20. The molecule has 0 rings (SSSR count). The van der Waals surface area contributed by atoms with Crippen LogP contribution >= 0.6 is 0 Å². The van der Waals surface area contributed by atoms with Gasteiger partial charge >= 0.3 is 5.97 Å². The molecule has 0 heterocycles. The van der Waals surface area contributed by atoms with Gasteiger partial charge in [-0.15, -0.1) is 0 Å². The van der Waals surface area contributed by atoms with Crippen LogP contribution in [0.25, 0.3) is 0 Å². The first-order valence-electron chi connectivity index (χ1n) is 1.55. The normalized spacial score (nSPS) is 13.7. The molecule has 0 saturated heterocycles. The van der Waals surface area contributed by atoms with Crippen molar-refractivity contribution in [1.29, 1.82) is 0 Å². The highest BCUT2D eigenvalue weighted by molar-refractivity contribution is 5.71. The number of carboxylic acid groups (broad SMARTS) is 1. The summed E-state index contributed by atoms with van der Waals surface area (Å²) in [6.07, 6.45) is -1.23. The Balaban J connectivity index is 3.26. The molecule has 0 saturated carbocycles. The van der Waals surface area contributed by atoms with Gasteiger partial charge < -0.3 is 10.2 Å². The van der Waals surface area contributed by atoms with Crippen LogP contribution in [0.3, 0.4) is 0 Å². The first-order valence-corrected chi connectivity index (χ1v) is 1.55. The Bertz CT molecular complexity index is 57.1. The average Bonchev–Trinajstić information content (AvgIpc) is 1.36. The van der Waals surface area contributed by atoms with Crippen molar-refractivity contribution in [3.8, 4) is 0 Å². The fraction of sp³-hybridized carbons (Fsp3) is 0.667. The van der Waals surface area contributed by atoms with E-state index in [1.54, 1.807) is 0 Å². The number of hydrogen-bond donors (Lipinski definition) is 2. The molecule has 0 aromatic carbocycles. The molecule has 0 aliphatic heterocycles.